The van der Waals surface area contributed by atoms with Crippen LogP contribution in [0.25, 0.3) is 0 Å². The molecule has 0 unspecified atom stereocenters. The second-order valence-electron chi connectivity index (χ2n) is 13.3. The minimum absolute atomic E-state index is 0.327. The molecule has 0 bridgehead atoms. The molecule has 3 heteroatoms. The van der Waals surface area contributed by atoms with Crippen LogP contribution in [0.2, 0.25) is 0 Å². The molecule has 0 aromatic rings. The van der Waals surface area contributed by atoms with Crippen molar-refractivity contribution >= 4 is 5.91 Å². The second-order valence-corrected chi connectivity index (χ2v) is 13.3. The summed E-state index contributed by atoms with van der Waals surface area (Å²) in [7, 11) is 0. The molecule has 0 atom stereocenters. The minimum Gasteiger partial charge on any atom is -0.336 e. The summed E-state index contributed by atoms with van der Waals surface area (Å²) < 4.78 is 0. The van der Waals surface area contributed by atoms with E-state index in [1.54, 1.807) is 0 Å². The third kappa shape index (κ3) is 6.85. The molecule has 3 nitrogen and oxygen atoms in total. The van der Waals surface area contributed by atoms with Crippen molar-refractivity contribution in [3.05, 3.63) is 0 Å². The average molecular weight is 485 g/mol. The average Bonchev–Trinajstić information content (AvgIpc) is 2.94. The van der Waals surface area contributed by atoms with Gasteiger partial charge in [-0.05, 0) is 83.0 Å². The lowest BCUT2D eigenvalue weighted by Crippen LogP contribution is -2.52. The van der Waals surface area contributed by atoms with Crippen LogP contribution in [-0.2, 0) is 4.79 Å². The van der Waals surface area contributed by atoms with Gasteiger partial charge in [-0.2, -0.15) is 0 Å². The van der Waals surface area contributed by atoms with Crippen molar-refractivity contribution in [1.29, 1.82) is 0 Å². The lowest BCUT2D eigenvalue weighted by atomic mass is 9.78. The van der Waals surface area contributed by atoms with E-state index in [0.29, 0.717) is 23.9 Å². The van der Waals surface area contributed by atoms with Crippen molar-refractivity contribution in [2.24, 2.45) is 11.8 Å². The standard InChI is InChI=1S/C32H56N2O/c35-32(34(30-17-9-3-10-18-30)31-19-11-4-12-20-31)27-23-21-26(22-24-27)25-33(28-13-5-1-6-14-28)29-15-7-2-8-16-29/h26-31H,1-25H2. The molecule has 5 aliphatic rings. The van der Waals surface area contributed by atoms with Crippen LogP contribution in [-0.4, -0.2) is 46.4 Å². The van der Waals surface area contributed by atoms with Gasteiger partial charge in [0.15, 0.2) is 0 Å². The van der Waals surface area contributed by atoms with Gasteiger partial charge in [0, 0.05) is 36.6 Å². The van der Waals surface area contributed by atoms with Crippen molar-refractivity contribution in [3.63, 3.8) is 0 Å². The van der Waals surface area contributed by atoms with Crippen LogP contribution in [0.3, 0.4) is 0 Å². The van der Waals surface area contributed by atoms with Gasteiger partial charge in [0.25, 0.3) is 0 Å². The number of nitrogens with zero attached hydrogens (tertiary/aromatic N) is 2. The molecular weight excluding hydrogens is 428 g/mol. The van der Waals surface area contributed by atoms with Gasteiger partial charge >= 0.3 is 0 Å². The molecule has 5 rings (SSSR count). The molecule has 35 heavy (non-hydrogen) atoms. The van der Waals surface area contributed by atoms with Crippen LogP contribution in [0.1, 0.15) is 154 Å². The van der Waals surface area contributed by atoms with Crippen LogP contribution in [0, 0.1) is 11.8 Å². The highest BCUT2D eigenvalue weighted by Gasteiger charge is 2.38. The summed E-state index contributed by atoms with van der Waals surface area (Å²) in [5.41, 5.74) is 0. The monoisotopic (exact) mass is 484 g/mol. The van der Waals surface area contributed by atoms with Gasteiger partial charge in [0.1, 0.15) is 0 Å². The Morgan fingerprint density at radius 3 is 1.23 bits per heavy atom. The van der Waals surface area contributed by atoms with Gasteiger partial charge in [-0.3, -0.25) is 9.69 Å². The van der Waals surface area contributed by atoms with Crippen LogP contribution in [0.15, 0.2) is 0 Å². The van der Waals surface area contributed by atoms with Gasteiger partial charge in [-0.25, -0.2) is 0 Å². The Balaban J connectivity index is 1.18. The normalized spacial score (nSPS) is 31.0. The van der Waals surface area contributed by atoms with Crippen molar-refractivity contribution < 1.29 is 4.79 Å². The fraction of sp³-hybridized carbons (Fsp3) is 0.969. The van der Waals surface area contributed by atoms with Crippen molar-refractivity contribution in [1.82, 2.24) is 9.80 Å². The molecule has 0 N–H and O–H groups in total. The first-order valence-corrected chi connectivity index (χ1v) is 16.4. The molecule has 0 radical (unpaired) electrons. The van der Waals surface area contributed by atoms with E-state index in [1.807, 2.05) is 0 Å². The Morgan fingerprint density at radius 1 is 0.457 bits per heavy atom. The molecule has 0 heterocycles. The SMILES string of the molecule is O=C(C1CCC(CN(C2CCCCC2)C2CCCCC2)CC1)N(C1CCCCC1)C1CCCCC1. The van der Waals surface area contributed by atoms with E-state index in [2.05, 4.69) is 9.80 Å². The Kier molecular flexibility index (Phi) is 9.89. The van der Waals surface area contributed by atoms with Gasteiger partial charge in [-0.15, -0.1) is 0 Å². The zero-order valence-electron chi connectivity index (χ0n) is 22.9. The van der Waals surface area contributed by atoms with Crippen molar-refractivity contribution in [3.8, 4) is 0 Å². The fourth-order valence-electron chi connectivity index (χ4n) is 8.90. The predicted octanol–water partition coefficient (Wildman–Crippen LogP) is 8.25. The first kappa shape index (κ1) is 26.1. The van der Waals surface area contributed by atoms with Crippen LogP contribution >= 0.6 is 0 Å². The molecule has 200 valence electrons. The van der Waals surface area contributed by atoms with Gasteiger partial charge in [0.2, 0.25) is 5.91 Å². The highest BCUT2D eigenvalue weighted by atomic mass is 16.2. The van der Waals surface area contributed by atoms with E-state index in [0.717, 1.165) is 18.0 Å². The summed E-state index contributed by atoms with van der Waals surface area (Å²) in [6, 6.07) is 2.84. The molecule has 0 spiro atoms. The minimum atomic E-state index is 0.327. The van der Waals surface area contributed by atoms with Crippen LogP contribution < -0.4 is 0 Å². The molecule has 0 saturated heterocycles. The molecule has 5 fully saturated rings. The van der Waals surface area contributed by atoms with E-state index < -0.39 is 0 Å². The molecular formula is C32H56N2O. The first-order chi connectivity index (χ1) is 17.3. The second kappa shape index (κ2) is 13.3. The number of amides is 1. The van der Waals surface area contributed by atoms with E-state index in [9.17, 15) is 4.79 Å². The highest BCUT2D eigenvalue weighted by Crippen LogP contribution is 2.38. The van der Waals surface area contributed by atoms with Gasteiger partial charge < -0.3 is 4.90 Å². The molecule has 5 saturated carbocycles. The number of rotatable bonds is 7. The molecule has 0 aromatic carbocycles. The maximum Gasteiger partial charge on any atom is 0.226 e. The number of carbonyl (C=O) groups excluding carboxylic acids is 1. The smallest absolute Gasteiger partial charge is 0.226 e. The van der Waals surface area contributed by atoms with Crippen molar-refractivity contribution in [2.45, 2.75) is 178 Å². The van der Waals surface area contributed by atoms with Gasteiger partial charge in [0.05, 0.1) is 0 Å². The number of hydrogen-bond acceptors (Lipinski definition) is 2. The Bertz CT molecular complexity index is 581. The Morgan fingerprint density at radius 2 is 0.829 bits per heavy atom. The summed E-state index contributed by atoms with van der Waals surface area (Å²) >= 11 is 0. The van der Waals surface area contributed by atoms with Gasteiger partial charge in [-0.1, -0.05) is 77.0 Å². The van der Waals surface area contributed by atoms with Crippen LogP contribution in [0.4, 0.5) is 0 Å². The van der Waals surface area contributed by atoms with Crippen LogP contribution in [0.5, 0.6) is 0 Å². The third-order valence-electron chi connectivity index (χ3n) is 10.9. The quantitative estimate of drug-likeness (QED) is 0.363. The zero-order valence-corrected chi connectivity index (χ0v) is 22.9. The maximum absolute atomic E-state index is 14.0. The fourth-order valence-corrected chi connectivity index (χ4v) is 8.90. The summed E-state index contributed by atoms with van der Waals surface area (Å²) in [5.74, 6) is 1.74. The highest BCUT2D eigenvalue weighted by molar-refractivity contribution is 5.79. The topological polar surface area (TPSA) is 23.6 Å². The summed E-state index contributed by atoms with van der Waals surface area (Å²) in [6.45, 7) is 1.34. The maximum atomic E-state index is 14.0. The molecule has 0 aliphatic heterocycles. The zero-order chi connectivity index (χ0) is 23.9. The van der Waals surface area contributed by atoms with E-state index in [-0.39, 0.29) is 0 Å². The molecule has 5 aliphatic carbocycles. The summed E-state index contributed by atoms with van der Waals surface area (Å²) in [5, 5.41) is 0. The van der Waals surface area contributed by atoms with E-state index >= 15 is 0 Å². The largest absolute Gasteiger partial charge is 0.336 e. The number of carbonyl (C=O) groups is 1. The third-order valence-corrected chi connectivity index (χ3v) is 10.9. The Hall–Kier alpha value is -0.570. The predicted molar refractivity (Wildman–Crippen MR) is 146 cm³/mol. The first-order valence-electron chi connectivity index (χ1n) is 16.4. The molecule has 0 aromatic heterocycles. The van der Waals surface area contributed by atoms with E-state index in [1.165, 1.54) is 161 Å². The lowest BCUT2D eigenvalue weighted by Gasteiger charge is -2.46. The number of hydrogen-bond donors (Lipinski definition) is 0. The van der Waals surface area contributed by atoms with Crippen molar-refractivity contribution in [2.75, 3.05) is 6.54 Å². The Labute approximate surface area is 217 Å². The molecule has 1 amide bonds. The lowest BCUT2D eigenvalue weighted by molar-refractivity contribution is -0.144. The summed E-state index contributed by atoms with van der Waals surface area (Å²) in [6.07, 6.45) is 32.7. The summed E-state index contributed by atoms with van der Waals surface area (Å²) in [4.78, 5) is 19.6. The van der Waals surface area contributed by atoms with E-state index in [4.69, 9.17) is 0 Å².